The van der Waals surface area contributed by atoms with Gasteiger partial charge in [0.2, 0.25) is 10.0 Å². The lowest BCUT2D eigenvalue weighted by molar-refractivity contribution is -0.127. The molecule has 1 saturated heterocycles. The normalized spacial score (nSPS) is 19.0. The molecular formula is C23H29N3O4S. The van der Waals surface area contributed by atoms with Crippen molar-refractivity contribution in [2.75, 3.05) is 30.2 Å². The summed E-state index contributed by atoms with van der Waals surface area (Å²) in [4.78, 5) is 15.3. The Kier molecular flexibility index (Phi) is 6.20. The maximum atomic E-state index is 12.8. The zero-order valence-corrected chi connectivity index (χ0v) is 18.8. The van der Waals surface area contributed by atoms with E-state index in [1.54, 1.807) is 12.1 Å². The van der Waals surface area contributed by atoms with Crippen LogP contribution in [0.1, 0.15) is 29.5 Å². The van der Waals surface area contributed by atoms with Gasteiger partial charge in [-0.1, -0.05) is 30.3 Å². The Labute approximate surface area is 184 Å². The molecule has 2 aliphatic heterocycles. The number of fused-ring (bicyclic) bond motifs is 1. The van der Waals surface area contributed by atoms with Crippen LogP contribution < -0.4 is 14.4 Å². The van der Waals surface area contributed by atoms with Crippen LogP contribution in [-0.2, 0) is 27.9 Å². The molecule has 2 aromatic carbocycles. The number of nitrogens with zero attached hydrogens (tertiary/aromatic N) is 2. The van der Waals surface area contributed by atoms with Crippen LogP contribution in [0.15, 0.2) is 42.5 Å². The summed E-state index contributed by atoms with van der Waals surface area (Å²) in [5.74, 6) is 0.0693. The van der Waals surface area contributed by atoms with E-state index in [0.29, 0.717) is 18.0 Å². The van der Waals surface area contributed by atoms with Gasteiger partial charge in [-0.2, -0.15) is 0 Å². The van der Waals surface area contributed by atoms with Crippen LogP contribution in [0.25, 0.3) is 0 Å². The first-order valence-corrected chi connectivity index (χ1v) is 12.5. The number of carbonyl (C=O) groups excluding carboxylic acids is 1. The van der Waals surface area contributed by atoms with E-state index in [1.165, 1.54) is 22.7 Å². The van der Waals surface area contributed by atoms with Crippen molar-refractivity contribution in [3.63, 3.8) is 0 Å². The Morgan fingerprint density at radius 2 is 1.87 bits per heavy atom. The lowest BCUT2D eigenvalue weighted by Gasteiger charge is -2.34. The summed E-state index contributed by atoms with van der Waals surface area (Å²) in [7, 11) is -3.54. The van der Waals surface area contributed by atoms with Crippen molar-refractivity contribution in [1.29, 1.82) is 0 Å². The summed E-state index contributed by atoms with van der Waals surface area (Å²) in [6.07, 6.45) is 2.75. The molecule has 1 fully saturated rings. The number of amides is 1. The fourth-order valence-electron chi connectivity index (χ4n) is 4.15. The van der Waals surface area contributed by atoms with E-state index >= 15 is 0 Å². The van der Waals surface area contributed by atoms with Crippen molar-refractivity contribution in [2.45, 2.75) is 39.0 Å². The number of ether oxygens (including phenoxy) is 1. The highest BCUT2D eigenvalue weighted by atomic mass is 32.2. The number of likely N-dealkylation sites (tertiary alicyclic amines) is 1. The van der Waals surface area contributed by atoms with Gasteiger partial charge in [0.25, 0.3) is 5.91 Å². The quantitative estimate of drug-likeness (QED) is 0.742. The molecule has 1 atom stereocenters. The molecule has 0 unspecified atom stereocenters. The summed E-state index contributed by atoms with van der Waals surface area (Å²) >= 11 is 0. The van der Waals surface area contributed by atoms with Crippen LogP contribution in [0, 0.1) is 6.92 Å². The average Bonchev–Trinajstić information content (AvgIpc) is 3.23. The van der Waals surface area contributed by atoms with Crippen LogP contribution >= 0.6 is 0 Å². The molecule has 2 heterocycles. The van der Waals surface area contributed by atoms with Crippen LogP contribution in [-0.4, -0.2) is 51.2 Å². The molecule has 0 aromatic heterocycles. The van der Waals surface area contributed by atoms with Gasteiger partial charge in [-0.25, -0.2) is 8.42 Å². The predicted octanol–water partition coefficient (Wildman–Crippen LogP) is 2.43. The van der Waals surface area contributed by atoms with E-state index in [-0.39, 0.29) is 12.5 Å². The van der Waals surface area contributed by atoms with Gasteiger partial charge in [-0.05, 0) is 61.7 Å². The maximum Gasteiger partial charge on any atom is 0.263 e. The lowest BCUT2D eigenvalue weighted by Crippen LogP contribution is -2.50. The van der Waals surface area contributed by atoms with Crippen molar-refractivity contribution >= 4 is 21.6 Å². The molecule has 0 aliphatic carbocycles. The highest BCUT2D eigenvalue weighted by molar-refractivity contribution is 7.92. The summed E-state index contributed by atoms with van der Waals surface area (Å²) in [6.45, 7) is 5.41. The smallest absolute Gasteiger partial charge is 0.263 e. The van der Waals surface area contributed by atoms with E-state index in [9.17, 15) is 13.2 Å². The molecule has 166 valence electrons. The minimum absolute atomic E-state index is 0.0455. The minimum Gasteiger partial charge on any atom is -0.476 e. The highest BCUT2D eigenvalue weighted by Gasteiger charge is 2.35. The zero-order chi connectivity index (χ0) is 22.0. The predicted molar refractivity (Wildman–Crippen MR) is 121 cm³/mol. The van der Waals surface area contributed by atoms with Gasteiger partial charge < -0.3 is 10.1 Å². The molecule has 4 rings (SSSR count). The van der Waals surface area contributed by atoms with E-state index in [4.69, 9.17) is 4.74 Å². The van der Waals surface area contributed by atoms with Crippen LogP contribution in [0.3, 0.4) is 0 Å². The Hall–Kier alpha value is -2.58. The fraction of sp³-hybridized carbons (Fsp3) is 0.435. The van der Waals surface area contributed by atoms with Crippen molar-refractivity contribution in [3.8, 4) is 5.75 Å². The largest absolute Gasteiger partial charge is 0.476 e. The number of sulfonamides is 1. The van der Waals surface area contributed by atoms with E-state index < -0.39 is 16.1 Å². The number of hydrogen-bond donors (Lipinski definition) is 1. The Morgan fingerprint density at radius 3 is 2.61 bits per heavy atom. The topological polar surface area (TPSA) is 79.0 Å². The molecule has 0 saturated carbocycles. The Bertz CT molecular complexity index is 1060. The molecule has 0 radical (unpaired) electrons. The second-order valence-electron chi connectivity index (χ2n) is 8.39. The molecule has 1 N–H and O–H groups in total. The molecule has 2 aromatic rings. The first-order chi connectivity index (χ1) is 14.8. The van der Waals surface area contributed by atoms with Crippen molar-refractivity contribution < 1.29 is 17.9 Å². The number of benzene rings is 2. The second kappa shape index (κ2) is 8.88. The zero-order valence-electron chi connectivity index (χ0n) is 18.0. The third-order valence-electron chi connectivity index (χ3n) is 5.74. The SMILES string of the molecule is Cc1ccc2c(c1)N(S(C)(=O)=O)C[C@@H](C(=O)NCc1cccc(CN3CCCC3)c1)O2. The van der Waals surface area contributed by atoms with Crippen molar-refractivity contribution in [1.82, 2.24) is 10.2 Å². The monoisotopic (exact) mass is 443 g/mol. The maximum absolute atomic E-state index is 12.8. The van der Waals surface area contributed by atoms with Gasteiger partial charge in [0, 0.05) is 13.1 Å². The molecule has 7 nitrogen and oxygen atoms in total. The summed E-state index contributed by atoms with van der Waals surface area (Å²) in [5, 5.41) is 2.90. The number of hydrogen-bond acceptors (Lipinski definition) is 5. The molecule has 31 heavy (non-hydrogen) atoms. The molecule has 0 bridgehead atoms. The molecule has 0 spiro atoms. The number of carbonyl (C=O) groups is 1. The van der Waals surface area contributed by atoms with Gasteiger partial charge in [0.05, 0.1) is 18.5 Å². The molecular weight excluding hydrogens is 414 g/mol. The number of rotatable bonds is 6. The number of nitrogens with one attached hydrogen (secondary N) is 1. The third-order valence-corrected chi connectivity index (χ3v) is 6.89. The number of anilines is 1. The van der Waals surface area contributed by atoms with Gasteiger partial charge >= 0.3 is 0 Å². The standard InChI is InChI=1S/C23H29N3O4S/c1-17-8-9-21-20(12-17)26(31(2,28)29)16-22(30-21)23(27)24-14-18-6-5-7-19(13-18)15-25-10-3-4-11-25/h5-9,12-13,22H,3-4,10-11,14-16H2,1-2H3,(H,24,27)/t22-/m0/s1. The minimum atomic E-state index is -3.54. The lowest BCUT2D eigenvalue weighted by atomic mass is 10.1. The van der Waals surface area contributed by atoms with Crippen LogP contribution in [0.4, 0.5) is 5.69 Å². The van der Waals surface area contributed by atoms with E-state index in [2.05, 4.69) is 22.3 Å². The van der Waals surface area contributed by atoms with E-state index in [0.717, 1.165) is 37.0 Å². The molecule has 8 heteroatoms. The van der Waals surface area contributed by atoms with E-state index in [1.807, 2.05) is 25.1 Å². The van der Waals surface area contributed by atoms with Gasteiger partial charge in [0.1, 0.15) is 5.75 Å². The molecule has 1 amide bonds. The number of aryl methyl sites for hydroxylation is 1. The summed E-state index contributed by atoms with van der Waals surface area (Å²) in [6, 6.07) is 13.5. The first-order valence-electron chi connectivity index (χ1n) is 10.6. The average molecular weight is 444 g/mol. The van der Waals surface area contributed by atoms with Crippen molar-refractivity contribution in [2.24, 2.45) is 0 Å². The first kappa shape index (κ1) is 21.6. The Morgan fingerprint density at radius 1 is 1.13 bits per heavy atom. The molecule has 2 aliphatic rings. The second-order valence-corrected chi connectivity index (χ2v) is 10.3. The van der Waals surface area contributed by atoms with Gasteiger partial charge in [-0.3, -0.25) is 14.0 Å². The van der Waals surface area contributed by atoms with Gasteiger partial charge in [-0.15, -0.1) is 0 Å². The third kappa shape index (κ3) is 5.19. The van der Waals surface area contributed by atoms with Gasteiger partial charge in [0.15, 0.2) is 6.10 Å². The summed E-state index contributed by atoms with van der Waals surface area (Å²) < 4.78 is 31.7. The fourth-order valence-corrected chi connectivity index (χ4v) is 5.06. The van der Waals surface area contributed by atoms with Crippen molar-refractivity contribution in [3.05, 3.63) is 59.2 Å². The highest BCUT2D eigenvalue weighted by Crippen LogP contribution is 2.35. The van der Waals surface area contributed by atoms with Crippen LogP contribution in [0.5, 0.6) is 5.75 Å². The van der Waals surface area contributed by atoms with Crippen LogP contribution in [0.2, 0.25) is 0 Å². The Balaban J connectivity index is 1.42. The summed E-state index contributed by atoms with van der Waals surface area (Å²) in [5.41, 5.74) is 3.64.